The lowest BCUT2D eigenvalue weighted by Crippen LogP contribution is -2.33. The molecule has 0 amide bonds. The molecule has 0 saturated carbocycles. The molecule has 0 aliphatic rings. The molecule has 2 aromatic rings. The lowest BCUT2D eigenvalue weighted by molar-refractivity contribution is -0.145. The monoisotopic (exact) mass is 415 g/mol. The van der Waals surface area contributed by atoms with Crippen molar-refractivity contribution in [1.82, 2.24) is 0 Å². The summed E-state index contributed by atoms with van der Waals surface area (Å²) in [5.41, 5.74) is 2.23. The van der Waals surface area contributed by atoms with Crippen molar-refractivity contribution in [2.75, 3.05) is 19.5 Å². The molecule has 0 radical (unpaired) electrons. The van der Waals surface area contributed by atoms with E-state index in [4.69, 9.17) is 13.9 Å². The van der Waals surface area contributed by atoms with Crippen molar-refractivity contribution in [1.29, 1.82) is 0 Å². The van der Waals surface area contributed by atoms with E-state index >= 15 is 0 Å². The summed E-state index contributed by atoms with van der Waals surface area (Å²) in [5.74, 6) is -1.26. The smallest absolute Gasteiger partial charge is 0.331 e. The summed E-state index contributed by atoms with van der Waals surface area (Å²) in [6.45, 7) is 5.34. The SMILES string of the molecule is C=C[C@H](COS(C)(=O)=O)C(N=C(c1ccccc1)c1ccccc1)C(=O)OCC. The van der Waals surface area contributed by atoms with E-state index in [1.54, 1.807) is 6.92 Å². The predicted molar refractivity (Wildman–Crippen MR) is 113 cm³/mol. The third-order valence-corrected chi connectivity index (χ3v) is 4.64. The number of hydrogen-bond acceptors (Lipinski definition) is 6. The van der Waals surface area contributed by atoms with Crippen LogP contribution in [0.5, 0.6) is 0 Å². The van der Waals surface area contributed by atoms with Gasteiger partial charge in [-0.15, -0.1) is 6.58 Å². The molecule has 0 heterocycles. The van der Waals surface area contributed by atoms with Crippen molar-refractivity contribution < 1.29 is 22.1 Å². The van der Waals surface area contributed by atoms with Gasteiger partial charge in [-0.25, -0.2) is 4.79 Å². The van der Waals surface area contributed by atoms with Crippen LogP contribution < -0.4 is 0 Å². The fourth-order valence-electron chi connectivity index (χ4n) is 2.69. The summed E-state index contributed by atoms with van der Waals surface area (Å²) in [5, 5.41) is 0. The van der Waals surface area contributed by atoms with E-state index in [2.05, 4.69) is 6.58 Å². The first kappa shape index (κ1) is 22.5. The van der Waals surface area contributed by atoms with E-state index < -0.39 is 28.0 Å². The van der Waals surface area contributed by atoms with Gasteiger partial charge in [-0.1, -0.05) is 66.7 Å². The molecule has 0 N–H and O–H groups in total. The Morgan fingerprint density at radius 3 is 2.00 bits per heavy atom. The quantitative estimate of drug-likeness (QED) is 0.258. The highest BCUT2D eigenvalue weighted by Gasteiger charge is 2.29. The molecular weight excluding hydrogens is 390 g/mol. The fraction of sp³-hybridized carbons (Fsp3) is 0.273. The van der Waals surface area contributed by atoms with Crippen LogP contribution in [0.1, 0.15) is 18.1 Å². The number of esters is 1. The summed E-state index contributed by atoms with van der Waals surface area (Å²) < 4.78 is 33.0. The predicted octanol–water partition coefficient (Wildman–Crippen LogP) is 3.23. The summed E-state index contributed by atoms with van der Waals surface area (Å²) in [6.07, 6.45) is 2.42. The Balaban J connectivity index is 2.54. The van der Waals surface area contributed by atoms with Gasteiger partial charge < -0.3 is 4.74 Å². The zero-order valence-corrected chi connectivity index (χ0v) is 17.3. The number of rotatable bonds is 10. The standard InChI is InChI=1S/C22H25NO5S/c1-4-17(16-28-29(3,25)26)21(22(24)27-5-2)23-20(18-12-8-6-9-13-18)19-14-10-7-11-15-19/h4,6-15,17,21H,1,5,16H2,2-3H3/t17-,21?/m1/s1. The Bertz CT molecular complexity index is 898. The molecule has 0 aliphatic carbocycles. The van der Waals surface area contributed by atoms with Crippen LogP contribution >= 0.6 is 0 Å². The van der Waals surface area contributed by atoms with Crippen molar-refractivity contribution in [3.8, 4) is 0 Å². The Morgan fingerprint density at radius 2 is 1.59 bits per heavy atom. The number of carbonyl (C=O) groups excluding carboxylic acids is 1. The van der Waals surface area contributed by atoms with Crippen LogP contribution in [0.25, 0.3) is 0 Å². The molecule has 2 atom stereocenters. The minimum Gasteiger partial charge on any atom is -0.464 e. The summed E-state index contributed by atoms with van der Waals surface area (Å²) in [6, 6.07) is 17.9. The molecule has 0 aromatic heterocycles. The minimum absolute atomic E-state index is 0.174. The van der Waals surface area contributed by atoms with Crippen molar-refractivity contribution in [3.63, 3.8) is 0 Å². The first-order valence-electron chi connectivity index (χ1n) is 9.18. The third kappa shape index (κ3) is 6.96. The van der Waals surface area contributed by atoms with Crippen molar-refractivity contribution >= 4 is 21.8 Å². The van der Waals surface area contributed by atoms with Gasteiger partial charge in [-0.3, -0.25) is 9.18 Å². The molecule has 7 heteroatoms. The average molecular weight is 416 g/mol. The van der Waals surface area contributed by atoms with Gasteiger partial charge in [0.15, 0.2) is 6.04 Å². The second kappa shape index (κ2) is 10.7. The third-order valence-electron chi connectivity index (χ3n) is 4.07. The number of carbonyl (C=O) groups is 1. The van der Waals surface area contributed by atoms with Crippen LogP contribution in [0.2, 0.25) is 0 Å². The number of nitrogens with zero attached hydrogens (tertiary/aromatic N) is 1. The van der Waals surface area contributed by atoms with Crippen LogP contribution in [0.15, 0.2) is 78.3 Å². The lowest BCUT2D eigenvalue weighted by Gasteiger charge is -2.21. The maximum absolute atomic E-state index is 12.7. The lowest BCUT2D eigenvalue weighted by atomic mass is 9.98. The van der Waals surface area contributed by atoms with Gasteiger partial charge >= 0.3 is 5.97 Å². The molecule has 29 heavy (non-hydrogen) atoms. The molecule has 0 aliphatic heterocycles. The Hall–Kier alpha value is -2.77. The van der Waals surface area contributed by atoms with Crippen LogP contribution in [0, 0.1) is 5.92 Å². The van der Waals surface area contributed by atoms with Gasteiger partial charge in [0.25, 0.3) is 10.1 Å². The second-order valence-electron chi connectivity index (χ2n) is 6.29. The number of ether oxygens (including phenoxy) is 1. The Morgan fingerprint density at radius 1 is 1.07 bits per heavy atom. The zero-order valence-electron chi connectivity index (χ0n) is 16.5. The highest BCUT2D eigenvalue weighted by Crippen LogP contribution is 2.19. The van der Waals surface area contributed by atoms with Crippen molar-refractivity contribution in [2.45, 2.75) is 13.0 Å². The maximum atomic E-state index is 12.7. The number of benzene rings is 2. The van der Waals surface area contributed by atoms with E-state index in [9.17, 15) is 13.2 Å². The maximum Gasteiger partial charge on any atom is 0.331 e. The average Bonchev–Trinajstić information content (AvgIpc) is 2.71. The second-order valence-corrected chi connectivity index (χ2v) is 7.94. The van der Waals surface area contributed by atoms with Crippen molar-refractivity contribution in [2.24, 2.45) is 10.9 Å². The molecule has 0 fully saturated rings. The minimum atomic E-state index is -3.68. The topological polar surface area (TPSA) is 82.0 Å². The Kier molecular flexibility index (Phi) is 8.30. The molecule has 1 unspecified atom stereocenters. The van der Waals surface area contributed by atoms with Gasteiger partial charge in [-0.05, 0) is 6.92 Å². The number of hydrogen-bond donors (Lipinski definition) is 0. The van der Waals surface area contributed by atoms with E-state index in [0.29, 0.717) is 5.71 Å². The van der Waals surface area contributed by atoms with Gasteiger partial charge in [0, 0.05) is 17.0 Å². The Labute approximate surface area is 172 Å². The van der Waals surface area contributed by atoms with Gasteiger partial charge in [-0.2, -0.15) is 8.42 Å². The van der Waals surface area contributed by atoms with E-state index in [0.717, 1.165) is 17.4 Å². The largest absolute Gasteiger partial charge is 0.464 e. The normalized spacial score (nSPS) is 13.2. The van der Waals surface area contributed by atoms with Gasteiger partial charge in [0.05, 0.1) is 25.2 Å². The fourth-order valence-corrected chi connectivity index (χ4v) is 3.09. The zero-order chi connectivity index (χ0) is 21.3. The molecule has 2 aromatic carbocycles. The van der Waals surface area contributed by atoms with Crippen LogP contribution in [0.4, 0.5) is 0 Å². The molecule has 154 valence electrons. The van der Waals surface area contributed by atoms with Gasteiger partial charge in [0.1, 0.15) is 0 Å². The van der Waals surface area contributed by atoms with Crippen molar-refractivity contribution in [3.05, 3.63) is 84.4 Å². The molecule has 0 saturated heterocycles. The summed E-state index contributed by atoms with van der Waals surface area (Å²) in [7, 11) is -3.68. The first-order chi connectivity index (χ1) is 13.9. The highest BCUT2D eigenvalue weighted by atomic mass is 32.2. The van der Waals surface area contributed by atoms with E-state index in [1.807, 2.05) is 60.7 Å². The summed E-state index contributed by atoms with van der Waals surface area (Å²) >= 11 is 0. The van der Waals surface area contributed by atoms with Crippen LogP contribution in [-0.4, -0.2) is 45.6 Å². The molecule has 2 rings (SSSR count). The van der Waals surface area contributed by atoms with Crippen LogP contribution in [-0.2, 0) is 23.8 Å². The molecule has 6 nitrogen and oxygen atoms in total. The summed E-state index contributed by atoms with van der Waals surface area (Å²) in [4.78, 5) is 17.4. The molecular formula is C22H25NO5S. The highest BCUT2D eigenvalue weighted by molar-refractivity contribution is 7.85. The van der Waals surface area contributed by atoms with E-state index in [-0.39, 0.29) is 13.2 Å². The van der Waals surface area contributed by atoms with Crippen LogP contribution in [0.3, 0.4) is 0 Å². The number of aliphatic imine (C=N–C) groups is 1. The van der Waals surface area contributed by atoms with E-state index in [1.165, 1.54) is 6.08 Å². The molecule has 0 spiro atoms. The first-order valence-corrected chi connectivity index (χ1v) is 11.0. The van der Waals surface area contributed by atoms with Gasteiger partial charge in [0.2, 0.25) is 0 Å². The molecule has 0 bridgehead atoms.